The van der Waals surface area contributed by atoms with E-state index in [1.807, 2.05) is 0 Å². The highest BCUT2D eigenvalue weighted by molar-refractivity contribution is 5.76. The lowest BCUT2D eigenvalue weighted by molar-refractivity contribution is -0.122. The predicted octanol–water partition coefficient (Wildman–Crippen LogP) is 13.6. The summed E-state index contributed by atoms with van der Waals surface area (Å²) in [7, 11) is 4.34. The van der Waals surface area contributed by atoms with Crippen LogP contribution in [-0.2, 0) is 9.59 Å². The molecular weight excluding hydrogens is 689 g/mol. The maximum atomic E-state index is 12.2. The Balaban J connectivity index is 3.61. The molecule has 0 aromatic carbocycles. The molecule has 6 nitrogen and oxygen atoms in total. The van der Waals surface area contributed by atoms with Crippen molar-refractivity contribution in [3.05, 3.63) is 36.1 Å². The zero-order valence-electron chi connectivity index (χ0n) is 38.3. The molecule has 0 saturated heterocycles. The van der Waals surface area contributed by atoms with E-state index in [0.29, 0.717) is 12.8 Å². The molecule has 2 N–H and O–H groups in total. The van der Waals surface area contributed by atoms with Crippen LogP contribution in [0.1, 0.15) is 226 Å². The summed E-state index contributed by atoms with van der Waals surface area (Å²) in [4.78, 5) is 29.2. The smallest absolute Gasteiger partial charge is 0.219 e. The van der Waals surface area contributed by atoms with E-state index in [-0.39, 0.29) is 11.8 Å². The predicted molar refractivity (Wildman–Crippen MR) is 247 cm³/mol. The van der Waals surface area contributed by atoms with Gasteiger partial charge in [0.1, 0.15) is 0 Å². The highest BCUT2D eigenvalue weighted by atomic mass is 16.2. The number of nitrogens with one attached hydrogen (secondary N) is 2. The summed E-state index contributed by atoms with van der Waals surface area (Å²) < 4.78 is 0. The van der Waals surface area contributed by atoms with Crippen LogP contribution in [0.4, 0.5) is 0 Å². The second-order valence-electron chi connectivity index (χ2n) is 16.8. The van der Waals surface area contributed by atoms with Crippen molar-refractivity contribution in [1.29, 1.82) is 0 Å². The Morgan fingerprint density at radius 1 is 0.429 bits per heavy atom. The number of unbranched alkanes of at least 4 members (excludes halogenated alkanes) is 23. The van der Waals surface area contributed by atoms with Crippen LogP contribution in [0.25, 0.3) is 0 Å². The van der Waals surface area contributed by atoms with E-state index in [1.54, 1.807) is 0 Å². The summed E-state index contributed by atoms with van der Waals surface area (Å²) in [5, 5.41) is 6.25. The van der Waals surface area contributed by atoms with Gasteiger partial charge in [0, 0.05) is 51.8 Å². The van der Waals surface area contributed by atoms with Gasteiger partial charge >= 0.3 is 0 Å². The molecule has 0 heterocycles. The first kappa shape index (κ1) is 53.9. The van der Waals surface area contributed by atoms with Gasteiger partial charge in [-0.25, -0.2) is 0 Å². The van der Waals surface area contributed by atoms with E-state index in [0.717, 1.165) is 84.1 Å². The van der Waals surface area contributed by atoms with Gasteiger partial charge in [0.15, 0.2) is 0 Å². The Hall–Kier alpha value is -2.08. The van der Waals surface area contributed by atoms with Gasteiger partial charge < -0.3 is 20.4 Å². The number of rotatable bonds is 43. The molecule has 0 aliphatic heterocycles. The number of carbonyl (C=O) groups excluding carboxylic acids is 2. The maximum Gasteiger partial charge on any atom is 0.219 e. The van der Waals surface area contributed by atoms with Gasteiger partial charge in [0.25, 0.3) is 0 Å². The fraction of sp³-hybridized carbons (Fsp3) is 0.840. The van der Waals surface area contributed by atoms with Crippen molar-refractivity contribution >= 4 is 11.8 Å². The SMILES string of the molecule is CCCCCCCC/C=C\CCCCCCCC(=O)NCCCCN(C)C(C)=CCCN(C)CCCNC(=O)CCCCCCC/C=C/CCCCCCCC. The fourth-order valence-corrected chi connectivity index (χ4v) is 7.11. The maximum absolute atomic E-state index is 12.2. The molecule has 2 amide bonds. The summed E-state index contributed by atoms with van der Waals surface area (Å²) >= 11 is 0. The van der Waals surface area contributed by atoms with Gasteiger partial charge in [-0.15, -0.1) is 0 Å². The van der Waals surface area contributed by atoms with Crippen LogP contribution in [0.5, 0.6) is 0 Å². The molecule has 0 radical (unpaired) electrons. The number of hydrogen-bond acceptors (Lipinski definition) is 4. The molecule has 0 atom stereocenters. The summed E-state index contributed by atoms with van der Waals surface area (Å²) in [5.41, 5.74) is 1.31. The van der Waals surface area contributed by atoms with Crippen molar-refractivity contribution < 1.29 is 9.59 Å². The average molecular weight is 785 g/mol. The largest absolute Gasteiger partial charge is 0.378 e. The Morgan fingerprint density at radius 2 is 0.821 bits per heavy atom. The Kier molecular flexibility index (Phi) is 42.4. The van der Waals surface area contributed by atoms with Crippen molar-refractivity contribution in [3.63, 3.8) is 0 Å². The van der Waals surface area contributed by atoms with Crippen molar-refractivity contribution in [1.82, 2.24) is 20.4 Å². The van der Waals surface area contributed by atoms with E-state index in [9.17, 15) is 9.59 Å². The number of allylic oxidation sites excluding steroid dienone is 5. The fourth-order valence-electron chi connectivity index (χ4n) is 7.11. The molecule has 56 heavy (non-hydrogen) atoms. The van der Waals surface area contributed by atoms with Crippen LogP contribution in [0, 0.1) is 0 Å². The van der Waals surface area contributed by atoms with Gasteiger partial charge in [0.05, 0.1) is 0 Å². The average Bonchev–Trinajstić information content (AvgIpc) is 3.19. The first-order chi connectivity index (χ1) is 27.4. The highest BCUT2D eigenvalue weighted by Gasteiger charge is 2.05. The van der Waals surface area contributed by atoms with Gasteiger partial charge in [-0.1, -0.05) is 147 Å². The van der Waals surface area contributed by atoms with E-state index in [4.69, 9.17) is 0 Å². The van der Waals surface area contributed by atoms with Gasteiger partial charge in [-0.05, 0) is 110 Å². The Labute approximate surface area is 349 Å². The minimum absolute atomic E-state index is 0.211. The number of nitrogens with zero attached hydrogens (tertiary/aromatic N) is 2. The van der Waals surface area contributed by atoms with E-state index in [2.05, 4.69) is 85.7 Å². The van der Waals surface area contributed by atoms with Crippen LogP contribution < -0.4 is 10.6 Å². The molecule has 0 spiro atoms. The molecule has 0 aliphatic rings. The topological polar surface area (TPSA) is 64.7 Å². The van der Waals surface area contributed by atoms with Crippen LogP contribution >= 0.6 is 0 Å². The third kappa shape index (κ3) is 41.6. The Bertz CT molecular complexity index is 945. The van der Waals surface area contributed by atoms with Crippen molar-refractivity contribution in [2.45, 2.75) is 226 Å². The summed E-state index contributed by atoms with van der Waals surface area (Å²) in [6.45, 7) is 11.3. The quantitative estimate of drug-likeness (QED) is 0.0477. The van der Waals surface area contributed by atoms with Crippen molar-refractivity contribution in [3.8, 4) is 0 Å². The van der Waals surface area contributed by atoms with Crippen molar-refractivity contribution in [2.24, 2.45) is 0 Å². The van der Waals surface area contributed by atoms with Crippen LogP contribution in [0.15, 0.2) is 36.1 Å². The van der Waals surface area contributed by atoms with E-state index in [1.165, 1.54) is 147 Å². The zero-order valence-corrected chi connectivity index (χ0v) is 38.3. The monoisotopic (exact) mass is 785 g/mol. The normalized spacial score (nSPS) is 12.1. The molecular formula is C50H96N4O2. The molecule has 0 bridgehead atoms. The second kappa shape index (κ2) is 44.0. The molecule has 0 aliphatic carbocycles. The third-order valence-electron chi connectivity index (χ3n) is 11.2. The minimum atomic E-state index is 0.211. The van der Waals surface area contributed by atoms with Crippen LogP contribution in [0.2, 0.25) is 0 Å². The first-order valence-corrected chi connectivity index (χ1v) is 24.3. The lowest BCUT2D eigenvalue weighted by Crippen LogP contribution is -2.28. The molecule has 0 saturated carbocycles. The molecule has 0 aromatic rings. The zero-order chi connectivity index (χ0) is 41.0. The summed E-state index contributed by atoms with van der Waals surface area (Å²) in [6.07, 6.45) is 50.7. The second-order valence-corrected chi connectivity index (χ2v) is 16.8. The standard InChI is InChI=1S/C50H96N4O2/c1-6-8-10-12-14-16-18-20-22-24-26-28-30-32-34-41-49(55)51-43-36-37-47-54(5)48(3)40-38-45-53(4)46-39-44-52-50(56)42-35-33-31-29-27-25-23-21-19-17-15-13-11-9-7-2/h20-23,40H,6-19,24-39,41-47H2,1-5H3,(H,51,55)(H,52,56)/b22-20-,23-21+,48-40?. The molecule has 0 rings (SSSR count). The lowest BCUT2D eigenvalue weighted by Gasteiger charge is -2.21. The number of carbonyl (C=O) groups is 2. The Morgan fingerprint density at radius 3 is 1.27 bits per heavy atom. The molecule has 6 heteroatoms. The third-order valence-corrected chi connectivity index (χ3v) is 11.2. The molecule has 328 valence electrons. The molecule has 0 unspecified atom stereocenters. The molecule has 0 aromatic heterocycles. The molecule has 0 fully saturated rings. The number of hydrogen-bond donors (Lipinski definition) is 2. The van der Waals surface area contributed by atoms with Gasteiger partial charge in [-0.2, -0.15) is 0 Å². The lowest BCUT2D eigenvalue weighted by atomic mass is 10.1. The van der Waals surface area contributed by atoms with Crippen LogP contribution in [-0.4, -0.2) is 68.4 Å². The van der Waals surface area contributed by atoms with Gasteiger partial charge in [0.2, 0.25) is 11.8 Å². The summed E-state index contributed by atoms with van der Waals surface area (Å²) in [5.74, 6) is 0.426. The van der Waals surface area contributed by atoms with Crippen molar-refractivity contribution in [2.75, 3.05) is 46.8 Å². The highest BCUT2D eigenvalue weighted by Crippen LogP contribution is 2.12. The first-order valence-electron chi connectivity index (χ1n) is 24.3. The minimum Gasteiger partial charge on any atom is -0.378 e. The van der Waals surface area contributed by atoms with Gasteiger partial charge in [-0.3, -0.25) is 9.59 Å². The summed E-state index contributed by atoms with van der Waals surface area (Å²) in [6, 6.07) is 0. The van der Waals surface area contributed by atoms with E-state index < -0.39 is 0 Å². The van der Waals surface area contributed by atoms with Crippen LogP contribution in [0.3, 0.4) is 0 Å². The van der Waals surface area contributed by atoms with E-state index >= 15 is 0 Å². The number of amides is 2.